The molecule has 0 heterocycles. The number of unbranched alkanes of at least 4 members (excludes halogenated alkanes) is 6. The minimum absolute atomic E-state index is 0.760. The van der Waals surface area contributed by atoms with Gasteiger partial charge in [-0.2, -0.15) is 0 Å². The van der Waals surface area contributed by atoms with Gasteiger partial charge in [0.15, 0.2) is 0 Å². The van der Waals surface area contributed by atoms with E-state index in [4.69, 9.17) is 0 Å². The highest BCUT2D eigenvalue weighted by molar-refractivity contribution is 6.88. The lowest BCUT2D eigenvalue weighted by Gasteiger charge is -2.19. The second-order valence-electron chi connectivity index (χ2n) is 10.0. The third kappa shape index (κ3) is 7.93. The lowest BCUT2D eigenvalue weighted by atomic mass is 9.71. The largest absolute Gasteiger partial charge is 0.488 e. The van der Waals surface area contributed by atoms with Crippen molar-refractivity contribution in [1.29, 1.82) is 0 Å². The molecule has 0 unspecified atom stereocenters. The molecule has 0 aliphatic heterocycles. The summed E-state index contributed by atoms with van der Waals surface area (Å²) >= 11 is 0. The summed E-state index contributed by atoms with van der Waals surface area (Å²) in [6.45, 7) is 11.6. The van der Waals surface area contributed by atoms with Gasteiger partial charge in [-0.1, -0.05) is 114 Å². The maximum Gasteiger partial charge on any atom is 0.488 e. The maximum atomic E-state index is 10.2. The molecule has 0 spiro atoms. The highest BCUT2D eigenvalue weighted by atomic mass is 28.3. The van der Waals surface area contributed by atoms with Gasteiger partial charge in [0.2, 0.25) is 0 Å². The zero-order valence-corrected chi connectivity index (χ0v) is 21.5. The van der Waals surface area contributed by atoms with E-state index in [-0.39, 0.29) is 0 Å². The van der Waals surface area contributed by atoms with Crippen molar-refractivity contribution in [3.05, 3.63) is 47.5 Å². The standard InChI is InChI=1S/C27H43BO2Si/c1-6-8-10-12-14-23-20-25(22-16-18-26(19-17-22)31(3,4)5)21-24(27(23)28(29)30)15-13-11-9-7-2/h16-21,29-30H,6-15H2,1-5H3. The molecule has 0 atom stereocenters. The van der Waals surface area contributed by atoms with Crippen LogP contribution in [-0.4, -0.2) is 25.2 Å². The summed E-state index contributed by atoms with van der Waals surface area (Å²) in [5, 5.41) is 21.9. The van der Waals surface area contributed by atoms with E-state index in [2.05, 4.69) is 69.9 Å². The summed E-state index contributed by atoms with van der Waals surface area (Å²) in [5.74, 6) is 0. The van der Waals surface area contributed by atoms with Crippen molar-refractivity contribution in [2.24, 2.45) is 0 Å². The molecular weight excluding hydrogens is 395 g/mol. The lowest BCUT2D eigenvalue weighted by Crippen LogP contribution is -2.37. The van der Waals surface area contributed by atoms with Crippen LogP contribution < -0.4 is 10.6 Å². The van der Waals surface area contributed by atoms with Gasteiger partial charge in [-0.25, -0.2) is 0 Å². The molecule has 2 nitrogen and oxygen atoms in total. The Morgan fingerprint density at radius 2 is 1.16 bits per heavy atom. The van der Waals surface area contributed by atoms with E-state index in [0.717, 1.165) is 42.3 Å². The molecule has 0 bridgehead atoms. The number of hydrogen-bond donors (Lipinski definition) is 2. The molecule has 0 fully saturated rings. The minimum atomic E-state index is -1.40. The van der Waals surface area contributed by atoms with Gasteiger partial charge in [0, 0.05) is 0 Å². The van der Waals surface area contributed by atoms with Gasteiger partial charge >= 0.3 is 7.12 Å². The number of benzene rings is 2. The second kappa shape index (κ2) is 12.6. The molecule has 0 saturated carbocycles. The van der Waals surface area contributed by atoms with Crippen LogP contribution in [0.15, 0.2) is 36.4 Å². The summed E-state index contributed by atoms with van der Waals surface area (Å²) in [6, 6.07) is 13.5. The van der Waals surface area contributed by atoms with Crippen LogP contribution in [0.1, 0.15) is 76.3 Å². The van der Waals surface area contributed by atoms with E-state index in [1.54, 1.807) is 0 Å². The fourth-order valence-corrected chi connectivity index (χ4v) is 5.50. The normalized spacial score (nSPS) is 11.7. The zero-order valence-electron chi connectivity index (χ0n) is 20.5. The summed E-state index contributed by atoms with van der Waals surface area (Å²) in [5.41, 5.74) is 5.43. The van der Waals surface area contributed by atoms with Crippen LogP contribution in [0, 0.1) is 0 Å². The van der Waals surface area contributed by atoms with E-state index in [0.29, 0.717) is 0 Å². The van der Waals surface area contributed by atoms with Crippen molar-refractivity contribution in [2.75, 3.05) is 0 Å². The molecule has 0 aliphatic carbocycles. The fraction of sp³-hybridized carbons (Fsp3) is 0.556. The van der Waals surface area contributed by atoms with Gasteiger partial charge in [-0.3, -0.25) is 0 Å². The zero-order chi connectivity index (χ0) is 22.9. The fourth-order valence-electron chi connectivity index (χ4n) is 4.34. The Morgan fingerprint density at radius 1 is 0.677 bits per heavy atom. The van der Waals surface area contributed by atoms with Crippen molar-refractivity contribution in [3.8, 4) is 11.1 Å². The molecule has 170 valence electrons. The summed E-state index contributed by atoms with van der Waals surface area (Å²) in [6.07, 6.45) is 11.3. The Bertz CT molecular complexity index is 761. The number of aryl methyl sites for hydroxylation is 2. The van der Waals surface area contributed by atoms with Crippen molar-refractivity contribution >= 4 is 25.8 Å². The smallest absolute Gasteiger partial charge is 0.423 e. The van der Waals surface area contributed by atoms with Crippen LogP contribution in [0.4, 0.5) is 0 Å². The Kier molecular flexibility index (Phi) is 10.5. The Balaban J connectivity index is 2.41. The van der Waals surface area contributed by atoms with Crippen molar-refractivity contribution in [1.82, 2.24) is 0 Å². The topological polar surface area (TPSA) is 40.5 Å². The molecule has 0 radical (unpaired) electrons. The summed E-state index contributed by atoms with van der Waals surface area (Å²) < 4.78 is 0. The average molecular weight is 439 g/mol. The van der Waals surface area contributed by atoms with Gasteiger partial charge in [0.05, 0.1) is 8.07 Å². The van der Waals surface area contributed by atoms with Crippen LogP contribution in [0.5, 0.6) is 0 Å². The van der Waals surface area contributed by atoms with Gasteiger partial charge in [-0.15, -0.1) is 0 Å². The Morgan fingerprint density at radius 3 is 1.55 bits per heavy atom. The Labute approximate surface area is 192 Å². The van der Waals surface area contributed by atoms with E-state index in [1.165, 1.54) is 54.8 Å². The molecule has 0 aliphatic rings. The van der Waals surface area contributed by atoms with Crippen LogP contribution in [0.25, 0.3) is 11.1 Å². The van der Waals surface area contributed by atoms with E-state index in [9.17, 15) is 10.0 Å². The lowest BCUT2D eigenvalue weighted by molar-refractivity contribution is 0.424. The summed E-state index contributed by atoms with van der Waals surface area (Å²) in [7, 11) is -2.72. The SMILES string of the molecule is CCCCCCc1cc(-c2ccc([Si](C)(C)C)cc2)cc(CCCCCC)c1B(O)O. The molecule has 4 heteroatoms. The predicted molar refractivity (Wildman–Crippen MR) is 140 cm³/mol. The quantitative estimate of drug-likeness (QED) is 0.305. The predicted octanol–water partition coefficient (Wildman–Crippen LogP) is 5.82. The second-order valence-corrected chi connectivity index (χ2v) is 15.1. The van der Waals surface area contributed by atoms with Crippen LogP contribution in [0.3, 0.4) is 0 Å². The van der Waals surface area contributed by atoms with Crippen molar-refractivity contribution in [2.45, 2.75) is 97.7 Å². The first-order valence-electron chi connectivity index (χ1n) is 12.4. The molecule has 31 heavy (non-hydrogen) atoms. The first-order chi connectivity index (χ1) is 14.8. The monoisotopic (exact) mass is 438 g/mol. The maximum absolute atomic E-state index is 10.2. The minimum Gasteiger partial charge on any atom is -0.423 e. The van der Waals surface area contributed by atoms with Crippen LogP contribution in [-0.2, 0) is 12.8 Å². The molecule has 0 saturated heterocycles. The summed E-state index contributed by atoms with van der Waals surface area (Å²) in [4.78, 5) is 0. The van der Waals surface area contributed by atoms with Gasteiger partial charge in [-0.05, 0) is 53.4 Å². The molecule has 2 N–H and O–H groups in total. The molecule has 2 aromatic carbocycles. The van der Waals surface area contributed by atoms with E-state index >= 15 is 0 Å². The average Bonchev–Trinajstić information content (AvgIpc) is 2.73. The van der Waals surface area contributed by atoms with Gasteiger partial charge in [0.25, 0.3) is 0 Å². The molecule has 2 aromatic rings. The molecule has 0 aromatic heterocycles. The van der Waals surface area contributed by atoms with E-state index in [1.807, 2.05) is 0 Å². The molecular formula is C27H43BO2Si. The van der Waals surface area contributed by atoms with Gasteiger partial charge < -0.3 is 10.0 Å². The number of rotatable bonds is 13. The highest BCUT2D eigenvalue weighted by Crippen LogP contribution is 2.24. The van der Waals surface area contributed by atoms with Gasteiger partial charge in [0.1, 0.15) is 0 Å². The first-order valence-corrected chi connectivity index (χ1v) is 15.9. The molecule has 2 rings (SSSR count). The first kappa shape index (κ1) is 25.9. The third-order valence-corrected chi connectivity index (χ3v) is 8.36. The van der Waals surface area contributed by atoms with Crippen molar-refractivity contribution < 1.29 is 10.0 Å². The third-order valence-electron chi connectivity index (χ3n) is 6.29. The van der Waals surface area contributed by atoms with Crippen LogP contribution >= 0.6 is 0 Å². The van der Waals surface area contributed by atoms with E-state index < -0.39 is 15.2 Å². The highest BCUT2D eigenvalue weighted by Gasteiger charge is 2.22. The number of hydrogen-bond acceptors (Lipinski definition) is 2. The van der Waals surface area contributed by atoms with Crippen LogP contribution in [0.2, 0.25) is 19.6 Å². The van der Waals surface area contributed by atoms with Crippen molar-refractivity contribution in [3.63, 3.8) is 0 Å². The Hall–Kier alpha value is -1.36. The molecule has 0 amide bonds.